The number of aryl methyl sites for hydroxylation is 1. The van der Waals surface area contributed by atoms with Crippen LogP contribution in [0.15, 0.2) is 36.7 Å². The number of aromatic nitrogens is 1. The summed E-state index contributed by atoms with van der Waals surface area (Å²) in [6, 6.07) is 7.65. The van der Waals surface area contributed by atoms with E-state index in [-0.39, 0.29) is 5.91 Å². The number of pyridine rings is 1. The van der Waals surface area contributed by atoms with Crippen LogP contribution in [0.1, 0.15) is 23.6 Å². The summed E-state index contributed by atoms with van der Waals surface area (Å²) in [6.07, 6.45) is 4.72. The molecule has 0 saturated carbocycles. The molecule has 5 heteroatoms. The van der Waals surface area contributed by atoms with Crippen molar-refractivity contribution in [1.82, 2.24) is 9.88 Å². The monoisotopic (exact) mass is 346 g/mol. The van der Waals surface area contributed by atoms with Gasteiger partial charge in [0.15, 0.2) is 0 Å². The molecule has 0 spiro atoms. The van der Waals surface area contributed by atoms with Crippen molar-refractivity contribution < 1.29 is 9.53 Å². The Morgan fingerprint density at radius 2 is 2.00 bits per heavy atom. The molecule has 0 N–H and O–H groups in total. The first-order valence-electron chi connectivity index (χ1n) is 8.04. The SMILES string of the molecule is CCN(CCc1ccncc1)C(=O)Cc1cc(Cl)c(OC)cc1C. The van der Waals surface area contributed by atoms with E-state index in [0.717, 1.165) is 17.5 Å². The Bertz CT molecular complexity index is 689. The minimum Gasteiger partial charge on any atom is -0.495 e. The van der Waals surface area contributed by atoms with E-state index in [4.69, 9.17) is 16.3 Å². The van der Waals surface area contributed by atoms with Crippen molar-refractivity contribution in [3.63, 3.8) is 0 Å². The van der Waals surface area contributed by atoms with Gasteiger partial charge in [-0.1, -0.05) is 11.6 Å². The minimum atomic E-state index is 0.107. The normalized spacial score (nSPS) is 10.5. The Kier molecular flexibility index (Phi) is 6.62. The lowest BCUT2D eigenvalue weighted by molar-refractivity contribution is -0.130. The van der Waals surface area contributed by atoms with Gasteiger partial charge in [-0.15, -0.1) is 0 Å². The lowest BCUT2D eigenvalue weighted by atomic mass is 10.0. The zero-order valence-electron chi connectivity index (χ0n) is 14.4. The third-order valence-electron chi connectivity index (χ3n) is 4.11. The molecule has 0 fully saturated rings. The number of ether oxygens (including phenoxy) is 1. The summed E-state index contributed by atoms with van der Waals surface area (Å²) in [5, 5.41) is 0.533. The van der Waals surface area contributed by atoms with Gasteiger partial charge >= 0.3 is 0 Å². The molecular weight excluding hydrogens is 324 g/mol. The van der Waals surface area contributed by atoms with Crippen LogP contribution >= 0.6 is 11.6 Å². The number of methoxy groups -OCH3 is 1. The summed E-state index contributed by atoms with van der Waals surface area (Å²) in [7, 11) is 1.59. The average Bonchev–Trinajstić information content (AvgIpc) is 2.59. The lowest BCUT2D eigenvalue weighted by Crippen LogP contribution is -2.34. The molecule has 128 valence electrons. The molecule has 2 rings (SSSR count). The molecule has 1 heterocycles. The van der Waals surface area contributed by atoms with Crippen LogP contribution in [0.3, 0.4) is 0 Å². The fourth-order valence-corrected chi connectivity index (χ4v) is 2.85. The highest BCUT2D eigenvalue weighted by molar-refractivity contribution is 6.32. The summed E-state index contributed by atoms with van der Waals surface area (Å²) in [6.45, 7) is 5.35. The minimum absolute atomic E-state index is 0.107. The fourth-order valence-electron chi connectivity index (χ4n) is 2.59. The topological polar surface area (TPSA) is 42.4 Å². The van der Waals surface area contributed by atoms with E-state index >= 15 is 0 Å². The number of rotatable bonds is 7. The molecule has 1 amide bonds. The summed E-state index contributed by atoms with van der Waals surface area (Å²) in [5.41, 5.74) is 3.13. The molecule has 0 aliphatic carbocycles. The summed E-state index contributed by atoms with van der Waals surface area (Å²) in [4.78, 5) is 18.5. The molecule has 0 bridgehead atoms. The van der Waals surface area contributed by atoms with Gasteiger partial charge in [0.05, 0.1) is 18.6 Å². The van der Waals surface area contributed by atoms with Gasteiger partial charge < -0.3 is 9.64 Å². The van der Waals surface area contributed by atoms with Crippen molar-refractivity contribution in [2.75, 3.05) is 20.2 Å². The van der Waals surface area contributed by atoms with Crippen molar-refractivity contribution in [3.8, 4) is 5.75 Å². The predicted octanol–water partition coefficient (Wildman–Crippen LogP) is 3.69. The third-order valence-corrected chi connectivity index (χ3v) is 4.40. The van der Waals surface area contributed by atoms with E-state index < -0.39 is 0 Å². The van der Waals surface area contributed by atoms with E-state index in [9.17, 15) is 4.79 Å². The maximum Gasteiger partial charge on any atom is 0.227 e. The molecule has 0 radical (unpaired) electrons. The molecule has 1 aromatic carbocycles. The van der Waals surface area contributed by atoms with Gasteiger partial charge in [0.2, 0.25) is 5.91 Å². The number of likely N-dealkylation sites (N-methyl/N-ethyl adjacent to an activating group) is 1. The van der Waals surface area contributed by atoms with Crippen LogP contribution in [-0.2, 0) is 17.6 Å². The molecule has 4 nitrogen and oxygen atoms in total. The van der Waals surface area contributed by atoms with Gasteiger partial charge in [-0.2, -0.15) is 0 Å². The Balaban J connectivity index is 2.02. The van der Waals surface area contributed by atoms with Crippen LogP contribution in [0.5, 0.6) is 5.75 Å². The largest absolute Gasteiger partial charge is 0.495 e. The first-order chi connectivity index (χ1) is 11.5. The molecule has 1 aromatic heterocycles. The van der Waals surface area contributed by atoms with Crippen LogP contribution in [0.4, 0.5) is 0 Å². The zero-order valence-corrected chi connectivity index (χ0v) is 15.1. The number of hydrogen-bond acceptors (Lipinski definition) is 3. The number of benzene rings is 1. The molecule has 0 saturated heterocycles. The summed E-state index contributed by atoms with van der Waals surface area (Å²) < 4.78 is 5.21. The Labute approximate surface area is 148 Å². The van der Waals surface area contributed by atoms with Crippen LogP contribution in [0, 0.1) is 6.92 Å². The number of hydrogen-bond donors (Lipinski definition) is 0. The second kappa shape index (κ2) is 8.69. The second-order valence-corrected chi connectivity index (χ2v) is 6.08. The lowest BCUT2D eigenvalue weighted by Gasteiger charge is -2.21. The summed E-state index contributed by atoms with van der Waals surface area (Å²) in [5.74, 6) is 0.742. The number of amides is 1. The van der Waals surface area contributed by atoms with Gasteiger partial charge in [0.25, 0.3) is 0 Å². The second-order valence-electron chi connectivity index (χ2n) is 5.67. The maximum atomic E-state index is 12.6. The number of halogens is 1. The third kappa shape index (κ3) is 4.71. The Hall–Kier alpha value is -2.07. The first kappa shape index (κ1) is 18.3. The van der Waals surface area contributed by atoms with Gasteiger partial charge in [-0.05, 0) is 61.2 Å². The van der Waals surface area contributed by atoms with Crippen molar-refractivity contribution in [2.24, 2.45) is 0 Å². The predicted molar refractivity (Wildman–Crippen MR) is 96.6 cm³/mol. The van der Waals surface area contributed by atoms with E-state index in [2.05, 4.69) is 4.98 Å². The maximum absolute atomic E-state index is 12.6. The van der Waals surface area contributed by atoms with Crippen molar-refractivity contribution in [3.05, 3.63) is 58.4 Å². The number of carbonyl (C=O) groups is 1. The highest BCUT2D eigenvalue weighted by Crippen LogP contribution is 2.28. The van der Waals surface area contributed by atoms with Crippen molar-refractivity contribution in [1.29, 1.82) is 0 Å². The Morgan fingerprint density at radius 3 is 2.62 bits per heavy atom. The van der Waals surface area contributed by atoms with Gasteiger partial charge in [0.1, 0.15) is 5.75 Å². The average molecular weight is 347 g/mol. The number of nitrogens with zero attached hydrogens (tertiary/aromatic N) is 2. The highest BCUT2D eigenvalue weighted by Gasteiger charge is 2.15. The molecule has 0 atom stereocenters. The van der Waals surface area contributed by atoms with E-state index in [0.29, 0.717) is 30.3 Å². The van der Waals surface area contributed by atoms with E-state index in [1.54, 1.807) is 19.5 Å². The van der Waals surface area contributed by atoms with Crippen molar-refractivity contribution in [2.45, 2.75) is 26.7 Å². The smallest absolute Gasteiger partial charge is 0.227 e. The van der Waals surface area contributed by atoms with E-state index in [1.807, 2.05) is 43.0 Å². The number of carbonyl (C=O) groups excluding carboxylic acids is 1. The molecule has 0 aliphatic rings. The molecule has 2 aromatic rings. The van der Waals surface area contributed by atoms with Gasteiger partial charge in [-0.3, -0.25) is 9.78 Å². The molecule has 0 aliphatic heterocycles. The molecule has 24 heavy (non-hydrogen) atoms. The zero-order chi connectivity index (χ0) is 17.5. The van der Waals surface area contributed by atoms with Crippen molar-refractivity contribution >= 4 is 17.5 Å². The van der Waals surface area contributed by atoms with Crippen LogP contribution < -0.4 is 4.74 Å². The molecule has 0 unspecified atom stereocenters. The van der Waals surface area contributed by atoms with Gasteiger partial charge in [-0.25, -0.2) is 0 Å². The first-order valence-corrected chi connectivity index (χ1v) is 8.42. The van der Waals surface area contributed by atoms with Crippen LogP contribution in [0.25, 0.3) is 0 Å². The Morgan fingerprint density at radius 1 is 1.29 bits per heavy atom. The van der Waals surface area contributed by atoms with Crippen LogP contribution in [0.2, 0.25) is 5.02 Å². The van der Waals surface area contributed by atoms with E-state index in [1.165, 1.54) is 5.56 Å². The highest BCUT2D eigenvalue weighted by atomic mass is 35.5. The quantitative estimate of drug-likeness (QED) is 0.768. The summed E-state index contributed by atoms with van der Waals surface area (Å²) >= 11 is 6.18. The van der Waals surface area contributed by atoms with Crippen LogP contribution in [-0.4, -0.2) is 36.0 Å². The standard InChI is InChI=1S/C19H23ClN2O2/c1-4-22(10-7-15-5-8-21-9-6-15)19(23)13-16-12-17(20)18(24-3)11-14(16)2/h5-6,8-9,11-12H,4,7,10,13H2,1-3H3. The van der Waals surface area contributed by atoms with Gasteiger partial charge in [0, 0.05) is 25.5 Å². The fraction of sp³-hybridized carbons (Fsp3) is 0.368. The molecular formula is C19H23ClN2O2.